The van der Waals surface area contributed by atoms with Crippen molar-refractivity contribution < 1.29 is 9.59 Å². The second kappa shape index (κ2) is 12.0. The first kappa shape index (κ1) is 24.3. The number of thioether (sulfide) groups is 1. The molecule has 2 atom stereocenters. The van der Waals surface area contributed by atoms with Crippen LogP contribution in [0.25, 0.3) is 0 Å². The van der Waals surface area contributed by atoms with Crippen LogP contribution >= 0.6 is 23.4 Å². The molecule has 0 heterocycles. The number of carbonyl (C=O) groups excluding carboxylic acids is 2. The zero-order chi connectivity index (χ0) is 22.1. The number of benzene rings is 2. The molecule has 0 aliphatic rings. The molecule has 1 N–H and O–H groups in total. The highest BCUT2D eigenvalue weighted by atomic mass is 35.5. The van der Waals surface area contributed by atoms with E-state index < -0.39 is 6.04 Å². The maximum atomic E-state index is 13.1. The Morgan fingerprint density at radius 1 is 1.03 bits per heavy atom. The lowest BCUT2D eigenvalue weighted by atomic mass is 10.1. The van der Waals surface area contributed by atoms with E-state index in [1.54, 1.807) is 35.7 Å². The van der Waals surface area contributed by atoms with E-state index in [1.807, 2.05) is 26.0 Å². The third-order valence-corrected chi connectivity index (χ3v) is 6.29. The minimum absolute atomic E-state index is 0.0473. The maximum absolute atomic E-state index is 13.1. The number of amides is 2. The number of carbonyl (C=O) groups is 2. The number of halogens is 1. The Kier molecular flexibility index (Phi) is 9.73. The predicted octanol–water partition coefficient (Wildman–Crippen LogP) is 5.21. The second-order valence-corrected chi connectivity index (χ2v) is 9.04. The van der Waals surface area contributed by atoms with Gasteiger partial charge in [0.05, 0.1) is 5.75 Å². The Hall–Kier alpha value is -1.98. The number of nitrogens with one attached hydrogen (secondary N) is 1. The van der Waals surface area contributed by atoms with Gasteiger partial charge in [-0.25, -0.2) is 0 Å². The maximum Gasteiger partial charge on any atom is 0.242 e. The molecule has 0 aromatic heterocycles. The Balaban J connectivity index is 2.06. The van der Waals surface area contributed by atoms with Gasteiger partial charge in [-0.15, -0.1) is 11.8 Å². The van der Waals surface area contributed by atoms with E-state index in [1.165, 1.54) is 11.1 Å². The number of nitrogens with zero attached hydrogens (tertiary/aromatic N) is 1. The first-order valence-electron chi connectivity index (χ1n) is 10.3. The van der Waals surface area contributed by atoms with Crippen LogP contribution in [0.3, 0.4) is 0 Å². The molecular formula is C24H31ClN2O2S. The third-order valence-electron chi connectivity index (χ3n) is 5.05. The molecule has 0 aliphatic heterocycles. The Morgan fingerprint density at radius 2 is 1.63 bits per heavy atom. The van der Waals surface area contributed by atoms with Gasteiger partial charge in [-0.2, -0.15) is 0 Å². The SMILES string of the molecule is CC[C@@H](C)NC(=O)[C@H](C)N(Cc1ccc(Cl)cc1)C(=O)CSCc1ccc(C)cc1. The Labute approximate surface area is 189 Å². The first-order chi connectivity index (χ1) is 14.3. The van der Waals surface area contributed by atoms with Gasteiger partial charge in [0.25, 0.3) is 0 Å². The van der Waals surface area contributed by atoms with Crippen LogP contribution in [0.1, 0.15) is 43.9 Å². The molecule has 0 unspecified atom stereocenters. The van der Waals surface area contributed by atoms with Gasteiger partial charge in [-0.3, -0.25) is 9.59 Å². The second-order valence-electron chi connectivity index (χ2n) is 7.62. The zero-order valence-corrected chi connectivity index (χ0v) is 19.7. The molecule has 2 amide bonds. The van der Waals surface area contributed by atoms with Crippen molar-refractivity contribution in [1.29, 1.82) is 0 Å². The molecule has 2 aromatic rings. The van der Waals surface area contributed by atoms with Crippen LogP contribution in [0.4, 0.5) is 0 Å². The fourth-order valence-electron chi connectivity index (χ4n) is 2.86. The minimum atomic E-state index is -0.554. The largest absolute Gasteiger partial charge is 0.352 e. The quantitative estimate of drug-likeness (QED) is 0.544. The summed E-state index contributed by atoms with van der Waals surface area (Å²) in [5.41, 5.74) is 3.35. The average Bonchev–Trinajstić information content (AvgIpc) is 2.74. The minimum Gasteiger partial charge on any atom is -0.352 e. The van der Waals surface area contributed by atoms with E-state index in [0.717, 1.165) is 17.7 Å². The van der Waals surface area contributed by atoms with Crippen LogP contribution in [0.5, 0.6) is 0 Å². The summed E-state index contributed by atoms with van der Waals surface area (Å²) >= 11 is 7.55. The fraction of sp³-hybridized carbons (Fsp3) is 0.417. The van der Waals surface area contributed by atoms with Gasteiger partial charge in [0.1, 0.15) is 6.04 Å². The summed E-state index contributed by atoms with van der Waals surface area (Å²) in [4.78, 5) is 27.4. The lowest BCUT2D eigenvalue weighted by molar-refractivity contribution is -0.138. The standard InChI is InChI=1S/C24H31ClN2O2S/c1-5-18(3)26-24(29)19(4)27(14-20-10-12-22(25)13-11-20)23(28)16-30-15-21-8-6-17(2)7-9-21/h6-13,18-19H,5,14-16H2,1-4H3,(H,26,29)/t18-,19+/m1/s1. The number of hydrogen-bond donors (Lipinski definition) is 1. The van der Waals surface area contributed by atoms with Gasteiger partial charge in [0.2, 0.25) is 11.8 Å². The van der Waals surface area contributed by atoms with E-state index in [0.29, 0.717) is 17.3 Å². The first-order valence-corrected chi connectivity index (χ1v) is 11.8. The van der Waals surface area contributed by atoms with Crippen molar-refractivity contribution >= 4 is 35.2 Å². The van der Waals surface area contributed by atoms with Crippen molar-refractivity contribution in [2.24, 2.45) is 0 Å². The summed E-state index contributed by atoms with van der Waals surface area (Å²) in [6.45, 7) is 8.20. The third kappa shape index (κ3) is 7.69. The van der Waals surface area contributed by atoms with Gasteiger partial charge in [0.15, 0.2) is 0 Å². The molecule has 30 heavy (non-hydrogen) atoms. The van der Waals surface area contributed by atoms with Crippen molar-refractivity contribution in [2.75, 3.05) is 5.75 Å². The van der Waals surface area contributed by atoms with E-state index >= 15 is 0 Å². The normalized spacial score (nSPS) is 12.8. The molecule has 6 heteroatoms. The highest BCUT2D eigenvalue weighted by Gasteiger charge is 2.26. The summed E-state index contributed by atoms with van der Waals surface area (Å²) in [5, 5.41) is 3.63. The molecule has 0 radical (unpaired) electrons. The van der Waals surface area contributed by atoms with E-state index in [2.05, 4.69) is 36.5 Å². The van der Waals surface area contributed by atoms with E-state index in [9.17, 15) is 9.59 Å². The molecule has 0 bridgehead atoms. The molecule has 2 rings (SSSR count). The Morgan fingerprint density at radius 3 is 2.23 bits per heavy atom. The van der Waals surface area contributed by atoms with Crippen molar-refractivity contribution in [3.63, 3.8) is 0 Å². The van der Waals surface area contributed by atoms with Gasteiger partial charge in [-0.05, 0) is 50.5 Å². The van der Waals surface area contributed by atoms with Gasteiger partial charge < -0.3 is 10.2 Å². The number of hydrogen-bond acceptors (Lipinski definition) is 3. The van der Waals surface area contributed by atoms with E-state index in [4.69, 9.17) is 11.6 Å². The summed E-state index contributed by atoms with van der Waals surface area (Å²) < 4.78 is 0. The highest BCUT2D eigenvalue weighted by molar-refractivity contribution is 7.99. The number of rotatable bonds is 10. The predicted molar refractivity (Wildman–Crippen MR) is 127 cm³/mol. The molecule has 0 fully saturated rings. The van der Waals surface area contributed by atoms with Gasteiger partial charge >= 0.3 is 0 Å². The number of aryl methyl sites for hydroxylation is 1. The van der Waals surface area contributed by atoms with Crippen LogP contribution in [-0.2, 0) is 21.9 Å². The van der Waals surface area contributed by atoms with Crippen LogP contribution in [-0.4, -0.2) is 34.6 Å². The van der Waals surface area contributed by atoms with Crippen LogP contribution in [0.2, 0.25) is 5.02 Å². The van der Waals surface area contributed by atoms with Crippen molar-refractivity contribution in [3.05, 3.63) is 70.2 Å². The van der Waals surface area contributed by atoms with Crippen molar-refractivity contribution in [2.45, 2.75) is 58.5 Å². The highest BCUT2D eigenvalue weighted by Crippen LogP contribution is 2.17. The topological polar surface area (TPSA) is 49.4 Å². The fourth-order valence-corrected chi connectivity index (χ4v) is 3.85. The smallest absolute Gasteiger partial charge is 0.242 e. The summed E-state index contributed by atoms with van der Waals surface area (Å²) in [6, 6.07) is 15.2. The summed E-state index contributed by atoms with van der Waals surface area (Å²) in [7, 11) is 0. The molecule has 0 aliphatic carbocycles. The molecule has 162 valence electrons. The monoisotopic (exact) mass is 446 g/mol. The average molecular weight is 447 g/mol. The molecule has 4 nitrogen and oxygen atoms in total. The lowest BCUT2D eigenvalue weighted by Crippen LogP contribution is -2.50. The summed E-state index contributed by atoms with van der Waals surface area (Å²) in [5.74, 6) is 0.903. The van der Waals surface area contributed by atoms with Crippen LogP contribution < -0.4 is 5.32 Å². The van der Waals surface area contributed by atoms with E-state index in [-0.39, 0.29) is 17.9 Å². The molecule has 0 spiro atoms. The van der Waals surface area contributed by atoms with Crippen LogP contribution in [0, 0.1) is 6.92 Å². The van der Waals surface area contributed by atoms with Crippen molar-refractivity contribution in [3.8, 4) is 0 Å². The molecule has 0 saturated heterocycles. The van der Waals surface area contributed by atoms with Gasteiger partial charge in [-0.1, -0.05) is 60.5 Å². The Bertz CT molecular complexity index is 824. The summed E-state index contributed by atoms with van der Waals surface area (Å²) in [6.07, 6.45) is 0.843. The van der Waals surface area contributed by atoms with Crippen LogP contribution in [0.15, 0.2) is 48.5 Å². The molecule has 2 aromatic carbocycles. The molecule has 0 saturated carbocycles. The van der Waals surface area contributed by atoms with Gasteiger partial charge in [0, 0.05) is 23.4 Å². The van der Waals surface area contributed by atoms with Crippen molar-refractivity contribution in [1.82, 2.24) is 10.2 Å². The molecular weight excluding hydrogens is 416 g/mol. The lowest BCUT2D eigenvalue weighted by Gasteiger charge is -2.29. The zero-order valence-electron chi connectivity index (χ0n) is 18.2.